The largest absolute Gasteiger partial charge is 0.508 e. The average Bonchev–Trinajstić information content (AvgIpc) is 3.39. The van der Waals surface area contributed by atoms with Crippen LogP contribution in [-0.4, -0.2) is 55.9 Å². The molecule has 1 saturated heterocycles. The Morgan fingerprint density at radius 2 is 2.05 bits per heavy atom. The topological polar surface area (TPSA) is 93.4 Å². The summed E-state index contributed by atoms with van der Waals surface area (Å²) in [7, 11) is 1.83. The van der Waals surface area contributed by atoms with Gasteiger partial charge in [0.15, 0.2) is 11.6 Å². The van der Waals surface area contributed by atoms with Crippen molar-refractivity contribution in [3.8, 4) is 17.4 Å². The number of ether oxygens (including phenoxy) is 1. The van der Waals surface area contributed by atoms with Gasteiger partial charge < -0.3 is 14.7 Å². The van der Waals surface area contributed by atoms with Gasteiger partial charge in [0, 0.05) is 22.9 Å². The number of aromatic nitrogens is 4. The lowest BCUT2D eigenvalue weighted by atomic mass is 9.97. The van der Waals surface area contributed by atoms with E-state index in [1.807, 2.05) is 18.9 Å². The molecule has 2 atom stereocenters. The zero-order valence-corrected chi connectivity index (χ0v) is 23.0. The van der Waals surface area contributed by atoms with Crippen molar-refractivity contribution in [3.05, 3.63) is 58.1 Å². The van der Waals surface area contributed by atoms with Crippen LogP contribution in [0.4, 0.5) is 8.78 Å². The van der Waals surface area contributed by atoms with Gasteiger partial charge in [0.2, 0.25) is 0 Å². The Labute approximate surface area is 234 Å². The minimum absolute atomic E-state index is 0.103. The highest BCUT2D eigenvalue weighted by Gasteiger charge is 2.24. The number of likely N-dealkylation sites (tertiary alicyclic amines) is 1. The van der Waals surface area contributed by atoms with Gasteiger partial charge in [-0.15, -0.1) is 0 Å². The second-order valence-corrected chi connectivity index (χ2v) is 10.5. The molecule has 3 heterocycles. The van der Waals surface area contributed by atoms with Gasteiger partial charge in [-0.3, -0.25) is 4.79 Å². The average molecular weight is 554 g/mol. The van der Waals surface area contributed by atoms with Crippen molar-refractivity contribution in [2.45, 2.75) is 70.8 Å². The number of phenols is 1. The van der Waals surface area contributed by atoms with Gasteiger partial charge in [0.1, 0.15) is 17.8 Å². The molecule has 0 bridgehead atoms. The van der Waals surface area contributed by atoms with Crippen LogP contribution in [0.5, 0.6) is 11.8 Å². The molecule has 0 spiro atoms. The maximum Gasteiger partial charge on any atom is 0.317 e. The number of hydrogen-bond donors (Lipinski definition) is 1. The van der Waals surface area contributed by atoms with Crippen molar-refractivity contribution in [3.63, 3.8) is 0 Å². The molecule has 1 fully saturated rings. The normalized spacial score (nSPS) is 17.8. The fourth-order valence-corrected chi connectivity index (χ4v) is 5.34. The summed E-state index contributed by atoms with van der Waals surface area (Å²) in [6.07, 6.45) is 7.76. The summed E-state index contributed by atoms with van der Waals surface area (Å²) in [5.74, 6) is -2.68. The third-order valence-electron chi connectivity index (χ3n) is 7.62. The lowest BCUT2D eigenvalue weighted by Gasteiger charge is -2.20. The highest BCUT2D eigenvalue weighted by molar-refractivity contribution is 5.92. The Balaban J connectivity index is 1.67. The SMILES string of the molecule is [2H]C([2H])(Oc1nc(C(C)CCCCCC)c2cnn(-c3cc(O)cc4ccc(F)c(F)c34)c(=O)c2n1)[C@@H]1CCCN1C. The van der Waals surface area contributed by atoms with Crippen molar-refractivity contribution in [2.24, 2.45) is 0 Å². The standard InChI is InChI=1S/C30H35F2N5O3/c1-4-5-6-7-9-18(2)27-22-16-33-37(24-15-21(38)14-19-11-12-23(31)26(32)25(19)24)29(39)28(22)35-30(34-27)40-17-20-10-8-13-36(20)3/h11-12,14-16,18,20,38H,4-10,13,17H2,1-3H3/t18?,20-/m0/s1/i17D2. The summed E-state index contributed by atoms with van der Waals surface area (Å²) in [4.78, 5) is 24.7. The third-order valence-corrected chi connectivity index (χ3v) is 7.62. The first-order chi connectivity index (χ1) is 20.0. The number of phenolic OH excluding ortho intramolecular Hbond substituents is 1. The Hall–Kier alpha value is -3.66. The summed E-state index contributed by atoms with van der Waals surface area (Å²) in [5.41, 5.74) is -0.536. The van der Waals surface area contributed by atoms with E-state index in [1.54, 1.807) is 0 Å². The number of hydrogen-bond acceptors (Lipinski definition) is 7. The zero-order chi connectivity index (χ0) is 30.2. The summed E-state index contributed by atoms with van der Waals surface area (Å²) in [6.45, 7) is 2.71. The van der Waals surface area contributed by atoms with Crippen LogP contribution in [-0.2, 0) is 0 Å². The summed E-state index contributed by atoms with van der Waals surface area (Å²) in [6, 6.07) is 3.85. The first-order valence-electron chi connectivity index (χ1n) is 14.8. The minimum Gasteiger partial charge on any atom is -0.508 e. The number of nitrogens with zero attached hydrogens (tertiary/aromatic N) is 5. The third kappa shape index (κ3) is 5.50. The number of rotatable bonds is 10. The van der Waals surface area contributed by atoms with E-state index in [0.29, 0.717) is 17.5 Å². The van der Waals surface area contributed by atoms with Gasteiger partial charge in [-0.25, -0.2) is 8.78 Å². The molecular weight excluding hydrogens is 516 g/mol. The Kier molecular flexibility index (Phi) is 7.49. The molecule has 2 aromatic carbocycles. The summed E-state index contributed by atoms with van der Waals surface area (Å²) >= 11 is 0. The molecular formula is C30H35F2N5O3. The molecule has 0 saturated carbocycles. The number of unbranched alkanes of at least 4 members (excludes halogenated alkanes) is 3. The lowest BCUT2D eigenvalue weighted by molar-refractivity contribution is 0.187. The molecule has 212 valence electrons. The van der Waals surface area contributed by atoms with Gasteiger partial charge in [-0.2, -0.15) is 19.7 Å². The molecule has 4 aromatic rings. The summed E-state index contributed by atoms with van der Waals surface area (Å²) < 4.78 is 53.2. The predicted molar refractivity (Wildman–Crippen MR) is 150 cm³/mol. The molecule has 1 aliphatic heterocycles. The van der Waals surface area contributed by atoms with Crippen molar-refractivity contribution in [2.75, 3.05) is 20.2 Å². The monoisotopic (exact) mass is 553 g/mol. The van der Waals surface area contributed by atoms with Crippen molar-refractivity contribution in [1.82, 2.24) is 24.6 Å². The van der Waals surface area contributed by atoms with E-state index in [2.05, 4.69) is 22.0 Å². The molecule has 10 heteroatoms. The van der Waals surface area contributed by atoms with E-state index in [4.69, 9.17) is 7.48 Å². The minimum atomic E-state index is -2.13. The number of halogens is 2. The molecule has 40 heavy (non-hydrogen) atoms. The van der Waals surface area contributed by atoms with E-state index in [0.717, 1.165) is 61.9 Å². The molecule has 0 radical (unpaired) electrons. The molecule has 0 amide bonds. The predicted octanol–water partition coefficient (Wildman–Crippen LogP) is 5.86. The highest BCUT2D eigenvalue weighted by Crippen LogP contribution is 2.32. The second-order valence-electron chi connectivity index (χ2n) is 10.5. The van der Waals surface area contributed by atoms with E-state index in [-0.39, 0.29) is 39.7 Å². The van der Waals surface area contributed by atoms with Crippen LogP contribution in [0.1, 0.15) is 73.1 Å². The fourth-order valence-electron chi connectivity index (χ4n) is 5.34. The molecule has 1 aliphatic rings. The molecule has 1 N–H and O–H groups in total. The van der Waals surface area contributed by atoms with Crippen LogP contribution in [0.15, 0.2) is 35.3 Å². The van der Waals surface area contributed by atoms with Crippen LogP contribution >= 0.6 is 0 Å². The van der Waals surface area contributed by atoms with Crippen LogP contribution in [0, 0.1) is 11.6 Å². The van der Waals surface area contributed by atoms with Crippen LogP contribution in [0.3, 0.4) is 0 Å². The maximum absolute atomic E-state index is 15.0. The van der Waals surface area contributed by atoms with Gasteiger partial charge in [-0.05, 0) is 56.3 Å². The maximum atomic E-state index is 15.0. The van der Waals surface area contributed by atoms with Crippen LogP contribution in [0.2, 0.25) is 0 Å². The fraction of sp³-hybridized carbons (Fsp3) is 0.467. The van der Waals surface area contributed by atoms with Crippen LogP contribution < -0.4 is 10.3 Å². The molecule has 1 unspecified atom stereocenters. The first-order valence-corrected chi connectivity index (χ1v) is 13.8. The highest BCUT2D eigenvalue weighted by atomic mass is 19.2. The molecule has 0 aliphatic carbocycles. The van der Waals surface area contributed by atoms with Gasteiger partial charge in [-0.1, -0.05) is 45.6 Å². The second kappa shape index (κ2) is 11.8. The van der Waals surface area contributed by atoms with E-state index in [1.165, 1.54) is 18.3 Å². The number of likely N-dealkylation sites (N-methyl/N-ethyl adjacent to an activating group) is 1. The molecule has 2 aromatic heterocycles. The smallest absolute Gasteiger partial charge is 0.317 e. The number of aromatic hydroxyl groups is 1. The van der Waals surface area contributed by atoms with E-state index >= 15 is 4.39 Å². The Morgan fingerprint density at radius 1 is 1.23 bits per heavy atom. The van der Waals surface area contributed by atoms with E-state index < -0.39 is 29.8 Å². The lowest BCUT2D eigenvalue weighted by Crippen LogP contribution is -2.31. The Bertz CT molecular complexity index is 1680. The molecule has 5 rings (SSSR count). The number of benzene rings is 2. The number of fused-ring (bicyclic) bond motifs is 2. The van der Waals surface area contributed by atoms with Crippen molar-refractivity contribution < 1.29 is 21.4 Å². The van der Waals surface area contributed by atoms with Gasteiger partial charge >= 0.3 is 6.01 Å². The Morgan fingerprint density at radius 3 is 2.80 bits per heavy atom. The van der Waals surface area contributed by atoms with Crippen molar-refractivity contribution in [1.29, 1.82) is 0 Å². The van der Waals surface area contributed by atoms with Gasteiger partial charge in [0.05, 0.1) is 20.3 Å². The van der Waals surface area contributed by atoms with Gasteiger partial charge in [0.25, 0.3) is 5.56 Å². The van der Waals surface area contributed by atoms with Crippen LogP contribution in [0.25, 0.3) is 27.4 Å². The summed E-state index contributed by atoms with van der Waals surface area (Å²) in [5, 5.41) is 14.9. The molecule has 8 nitrogen and oxygen atoms in total. The van der Waals surface area contributed by atoms with E-state index in [9.17, 15) is 14.3 Å². The quantitative estimate of drug-likeness (QED) is 0.246. The first kappa shape index (κ1) is 25.3. The zero-order valence-electron chi connectivity index (χ0n) is 25.0. The van der Waals surface area contributed by atoms with Crippen molar-refractivity contribution >= 4 is 21.7 Å².